The molecule has 6 heteroatoms. The average Bonchev–Trinajstić information content (AvgIpc) is 3.30. The van der Waals surface area contributed by atoms with Crippen molar-refractivity contribution in [1.29, 1.82) is 0 Å². The summed E-state index contributed by atoms with van der Waals surface area (Å²) in [5.74, 6) is -0.0811. The van der Waals surface area contributed by atoms with Gasteiger partial charge in [-0.3, -0.25) is 14.6 Å². The molecule has 190 valence electrons. The number of hydrogen-bond donors (Lipinski definition) is 2. The van der Waals surface area contributed by atoms with Crippen molar-refractivity contribution in [2.75, 3.05) is 13.6 Å². The Balaban J connectivity index is 0.00000281. The van der Waals surface area contributed by atoms with E-state index in [1.54, 1.807) is 18.2 Å². The highest BCUT2D eigenvalue weighted by Crippen LogP contribution is 2.26. The molecule has 0 bridgehead atoms. The Morgan fingerprint density at radius 1 is 1.15 bits per heavy atom. The monoisotopic (exact) mass is 470 g/mol. The van der Waals surface area contributed by atoms with E-state index in [-0.39, 0.29) is 29.3 Å². The first kappa shape index (κ1) is 29.6. The Morgan fingerprint density at radius 3 is 2.24 bits per heavy atom. The lowest BCUT2D eigenvalue weighted by molar-refractivity contribution is -0.142. The van der Waals surface area contributed by atoms with E-state index in [4.69, 9.17) is 0 Å². The van der Waals surface area contributed by atoms with Crippen LogP contribution in [0.5, 0.6) is 0 Å². The molecule has 0 aliphatic carbocycles. The standard InChI is InChI=1S/C26H40N4O2.C2H6/c1-9-28-18(3)17(2)20-12-14-21(15-13-20)19(4)29-24(31)22-11-10-16-30(22)25(32)23(27-8)26(5,6)7;1-2/h9,12-15,19,22-23,27H,10-11,16H2,1-8H3,(H,29,31);1-2H3/b18-17+,28-9?;/t19-,22-,23?;/m0./s1. The van der Waals surface area contributed by atoms with Crippen molar-refractivity contribution in [3.05, 3.63) is 41.1 Å². The number of amides is 2. The van der Waals surface area contributed by atoms with Crippen LogP contribution < -0.4 is 10.6 Å². The van der Waals surface area contributed by atoms with Gasteiger partial charge in [0.2, 0.25) is 11.8 Å². The molecule has 6 nitrogen and oxygen atoms in total. The largest absolute Gasteiger partial charge is 0.348 e. The Kier molecular flexibility index (Phi) is 11.7. The fraction of sp³-hybridized carbons (Fsp3) is 0.607. The number of carbonyl (C=O) groups excluding carboxylic acids is 2. The highest BCUT2D eigenvalue weighted by molar-refractivity contribution is 5.91. The quantitative estimate of drug-likeness (QED) is 0.527. The van der Waals surface area contributed by atoms with E-state index >= 15 is 0 Å². The summed E-state index contributed by atoms with van der Waals surface area (Å²) < 4.78 is 0. The number of aliphatic imine (C=N–C) groups is 1. The highest BCUT2D eigenvalue weighted by atomic mass is 16.2. The number of hydrogen-bond acceptors (Lipinski definition) is 4. The molecule has 2 N–H and O–H groups in total. The zero-order valence-electron chi connectivity index (χ0n) is 23.0. The van der Waals surface area contributed by atoms with Gasteiger partial charge in [-0.15, -0.1) is 0 Å². The molecule has 0 saturated carbocycles. The molecule has 34 heavy (non-hydrogen) atoms. The van der Waals surface area contributed by atoms with Gasteiger partial charge in [-0.25, -0.2) is 0 Å². The van der Waals surface area contributed by atoms with Crippen LogP contribution in [-0.4, -0.2) is 48.6 Å². The van der Waals surface area contributed by atoms with Gasteiger partial charge in [-0.05, 0) is 69.7 Å². The number of benzene rings is 1. The maximum absolute atomic E-state index is 13.2. The number of rotatable bonds is 7. The Bertz CT molecular complexity index is 865. The molecule has 2 rings (SSSR count). The second-order valence-electron chi connectivity index (χ2n) is 9.73. The number of carbonyl (C=O) groups is 2. The molecule has 1 unspecified atom stereocenters. The van der Waals surface area contributed by atoms with Gasteiger partial charge in [0, 0.05) is 18.5 Å². The molecule has 1 aliphatic heterocycles. The fourth-order valence-electron chi connectivity index (χ4n) is 4.31. The topological polar surface area (TPSA) is 73.8 Å². The Morgan fingerprint density at radius 2 is 1.74 bits per heavy atom. The van der Waals surface area contributed by atoms with Crippen LogP contribution in [0.1, 0.15) is 92.3 Å². The summed E-state index contributed by atoms with van der Waals surface area (Å²) in [6.07, 6.45) is 3.34. The molecule has 1 fully saturated rings. The van der Waals surface area contributed by atoms with Crippen molar-refractivity contribution >= 4 is 23.6 Å². The van der Waals surface area contributed by atoms with E-state index in [0.717, 1.165) is 28.8 Å². The zero-order valence-corrected chi connectivity index (χ0v) is 23.0. The summed E-state index contributed by atoms with van der Waals surface area (Å²) in [6, 6.07) is 7.33. The van der Waals surface area contributed by atoms with Crippen molar-refractivity contribution in [1.82, 2.24) is 15.5 Å². The SMILES string of the molecule is CC.CC=N/C(C)=C(\C)c1ccc([C@H](C)NC(=O)[C@@H]2CCCN2C(=O)C(NC)C(C)(C)C)cc1. The van der Waals surface area contributed by atoms with Gasteiger partial charge in [0.1, 0.15) is 6.04 Å². The smallest absolute Gasteiger partial charge is 0.243 e. The molecule has 1 heterocycles. The van der Waals surface area contributed by atoms with Gasteiger partial charge in [-0.1, -0.05) is 58.9 Å². The average molecular weight is 471 g/mol. The summed E-state index contributed by atoms with van der Waals surface area (Å²) in [5.41, 5.74) is 4.04. The molecule has 1 aliphatic rings. The van der Waals surface area contributed by atoms with Crippen LogP contribution in [-0.2, 0) is 9.59 Å². The second kappa shape index (κ2) is 13.4. The maximum Gasteiger partial charge on any atom is 0.243 e. The van der Waals surface area contributed by atoms with Crippen molar-refractivity contribution < 1.29 is 9.59 Å². The number of likely N-dealkylation sites (N-methyl/N-ethyl adjacent to an activating group) is 1. The van der Waals surface area contributed by atoms with Crippen LogP contribution in [0, 0.1) is 5.41 Å². The van der Waals surface area contributed by atoms with E-state index in [9.17, 15) is 9.59 Å². The minimum atomic E-state index is -0.415. The third-order valence-electron chi connectivity index (χ3n) is 6.31. The normalized spacial score (nSPS) is 18.6. The lowest BCUT2D eigenvalue weighted by Gasteiger charge is -2.35. The van der Waals surface area contributed by atoms with Crippen LogP contribution in [0.3, 0.4) is 0 Å². The third kappa shape index (κ3) is 7.52. The van der Waals surface area contributed by atoms with Gasteiger partial charge in [0.25, 0.3) is 0 Å². The summed E-state index contributed by atoms with van der Waals surface area (Å²) in [7, 11) is 1.80. The van der Waals surface area contributed by atoms with Crippen molar-refractivity contribution in [3.63, 3.8) is 0 Å². The van der Waals surface area contributed by atoms with Crippen LogP contribution in [0.4, 0.5) is 0 Å². The van der Waals surface area contributed by atoms with Gasteiger partial charge in [-0.2, -0.15) is 0 Å². The number of likely N-dealkylation sites (tertiary alicyclic amines) is 1. The molecular formula is C28H46N4O2. The number of nitrogens with zero attached hydrogens (tertiary/aromatic N) is 2. The van der Waals surface area contributed by atoms with E-state index in [0.29, 0.717) is 13.0 Å². The molecule has 0 spiro atoms. The van der Waals surface area contributed by atoms with Crippen LogP contribution in [0.2, 0.25) is 0 Å². The molecule has 3 atom stereocenters. The fourth-order valence-corrected chi connectivity index (χ4v) is 4.31. The van der Waals surface area contributed by atoms with Crippen molar-refractivity contribution in [3.8, 4) is 0 Å². The second-order valence-corrected chi connectivity index (χ2v) is 9.73. The highest BCUT2D eigenvalue weighted by Gasteiger charge is 2.40. The van der Waals surface area contributed by atoms with E-state index in [1.165, 1.54) is 0 Å². The zero-order chi connectivity index (χ0) is 26.1. The van der Waals surface area contributed by atoms with E-state index in [1.807, 2.05) is 67.5 Å². The molecule has 0 aromatic heterocycles. The van der Waals surface area contributed by atoms with E-state index < -0.39 is 6.04 Å². The van der Waals surface area contributed by atoms with Crippen molar-refractivity contribution in [2.24, 2.45) is 10.4 Å². The van der Waals surface area contributed by atoms with Crippen LogP contribution in [0.25, 0.3) is 5.57 Å². The molecule has 0 radical (unpaired) electrons. The lowest BCUT2D eigenvalue weighted by atomic mass is 9.86. The first-order valence-electron chi connectivity index (χ1n) is 12.6. The number of nitrogens with one attached hydrogen (secondary N) is 2. The van der Waals surface area contributed by atoms with Gasteiger partial charge < -0.3 is 15.5 Å². The molecule has 2 amide bonds. The van der Waals surface area contributed by atoms with Crippen LogP contribution in [0.15, 0.2) is 35.0 Å². The summed E-state index contributed by atoms with van der Waals surface area (Å²) in [5, 5.41) is 6.26. The van der Waals surface area contributed by atoms with Gasteiger partial charge in [0.05, 0.1) is 12.1 Å². The Labute approximate surface area is 207 Å². The predicted octanol–water partition coefficient (Wildman–Crippen LogP) is 5.36. The molecule has 1 aromatic rings. The molecular weight excluding hydrogens is 424 g/mol. The van der Waals surface area contributed by atoms with Crippen LogP contribution >= 0.6 is 0 Å². The first-order valence-corrected chi connectivity index (χ1v) is 12.6. The predicted molar refractivity (Wildman–Crippen MR) is 144 cm³/mol. The van der Waals surface area contributed by atoms with Gasteiger partial charge in [0.15, 0.2) is 0 Å². The third-order valence-corrected chi connectivity index (χ3v) is 6.31. The maximum atomic E-state index is 13.2. The summed E-state index contributed by atoms with van der Waals surface area (Å²) in [6.45, 7) is 18.7. The molecule has 1 saturated heterocycles. The lowest BCUT2D eigenvalue weighted by Crippen LogP contribution is -2.55. The first-order chi connectivity index (χ1) is 16.0. The minimum Gasteiger partial charge on any atom is -0.348 e. The summed E-state index contributed by atoms with van der Waals surface area (Å²) >= 11 is 0. The summed E-state index contributed by atoms with van der Waals surface area (Å²) in [4.78, 5) is 32.4. The van der Waals surface area contributed by atoms with Gasteiger partial charge >= 0.3 is 0 Å². The Hall–Kier alpha value is -2.47. The number of allylic oxidation sites excluding steroid dienone is 2. The molecule has 1 aromatic carbocycles. The minimum absolute atomic E-state index is 0.00188. The van der Waals surface area contributed by atoms with E-state index in [2.05, 4.69) is 34.7 Å². The van der Waals surface area contributed by atoms with Crippen molar-refractivity contribution in [2.45, 2.75) is 93.3 Å².